The van der Waals surface area contributed by atoms with Gasteiger partial charge in [-0.25, -0.2) is 8.42 Å². The molecule has 1 aliphatic rings. The fourth-order valence-electron chi connectivity index (χ4n) is 2.98. The van der Waals surface area contributed by atoms with Crippen LogP contribution in [-0.4, -0.2) is 39.0 Å². The zero-order chi connectivity index (χ0) is 17.9. The van der Waals surface area contributed by atoms with E-state index < -0.39 is 10.0 Å². The van der Waals surface area contributed by atoms with Crippen LogP contribution in [0.1, 0.15) is 23.7 Å². The number of benzene rings is 1. The van der Waals surface area contributed by atoms with Gasteiger partial charge in [0, 0.05) is 37.2 Å². The van der Waals surface area contributed by atoms with E-state index in [1.54, 1.807) is 12.1 Å². The maximum atomic E-state index is 12.8. The summed E-state index contributed by atoms with van der Waals surface area (Å²) in [5.74, 6) is 0. The van der Waals surface area contributed by atoms with Crippen molar-refractivity contribution in [1.29, 1.82) is 0 Å². The van der Waals surface area contributed by atoms with Crippen molar-refractivity contribution in [3.63, 3.8) is 0 Å². The van der Waals surface area contributed by atoms with Crippen molar-refractivity contribution in [2.75, 3.05) is 26.3 Å². The van der Waals surface area contributed by atoms with Crippen LogP contribution in [0.5, 0.6) is 0 Å². The number of pyridine rings is 1. The van der Waals surface area contributed by atoms with E-state index in [1.807, 2.05) is 12.1 Å². The molecule has 0 unspecified atom stereocenters. The summed E-state index contributed by atoms with van der Waals surface area (Å²) >= 11 is 0. The fraction of sp³-hybridized carbons (Fsp3) is 0.421. The van der Waals surface area contributed by atoms with Crippen LogP contribution in [0, 0.1) is 6.92 Å². The Kier molecular flexibility index (Phi) is 5.51. The standard InChI is InChI=1S/C19H25N2O3S/c1-3-17-8-7-16(2)20(14-17)15-18-5-4-6-19(13-18)25(22,23)21-9-11-24-12-10-21/h4-8,13-14H,3,9-12,15H2,1-2H3/q+1. The second kappa shape index (κ2) is 7.64. The van der Waals surface area contributed by atoms with E-state index >= 15 is 0 Å². The Bertz CT molecular complexity index is 843. The van der Waals surface area contributed by atoms with Crippen LogP contribution in [-0.2, 0) is 27.7 Å². The Morgan fingerprint density at radius 1 is 1.12 bits per heavy atom. The summed E-state index contributed by atoms with van der Waals surface area (Å²) < 4.78 is 34.6. The predicted molar refractivity (Wildman–Crippen MR) is 95.9 cm³/mol. The molecule has 0 atom stereocenters. The monoisotopic (exact) mass is 361 g/mol. The van der Waals surface area contributed by atoms with Crippen LogP contribution in [0.25, 0.3) is 0 Å². The van der Waals surface area contributed by atoms with Crippen molar-refractivity contribution in [1.82, 2.24) is 4.31 Å². The highest BCUT2D eigenvalue weighted by atomic mass is 32.2. The van der Waals surface area contributed by atoms with Gasteiger partial charge in [-0.05, 0) is 24.6 Å². The van der Waals surface area contributed by atoms with E-state index in [4.69, 9.17) is 4.74 Å². The lowest BCUT2D eigenvalue weighted by Crippen LogP contribution is -2.40. The van der Waals surface area contributed by atoms with Crippen molar-refractivity contribution >= 4 is 10.0 Å². The number of morpholine rings is 1. The van der Waals surface area contributed by atoms with Gasteiger partial charge < -0.3 is 4.74 Å². The largest absolute Gasteiger partial charge is 0.379 e. The SMILES string of the molecule is CCc1ccc(C)[n+](Cc2cccc(S(=O)(=O)N3CCOCC3)c2)c1. The minimum atomic E-state index is -3.46. The van der Waals surface area contributed by atoms with Gasteiger partial charge in [-0.1, -0.05) is 19.1 Å². The highest BCUT2D eigenvalue weighted by Crippen LogP contribution is 2.18. The zero-order valence-electron chi connectivity index (χ0n) is 14.8. The number of sulfonamides is 1. The zero-order valence-corrected chi connectivity index (χ0v) is 15.6. The van der Waals surface area contributed by atoms with Gasteiger partial charge in [0.1, 0.15) is 0 Å². The quantitative estimate of drug-likeness (QED) is 0.765. The molecule has 1 saturated heterocycles. The highest BCUT2D eigenvalue weighted by molar-refractivity contribution is 7.89. The summed E-state index contributed by atoms with van der Waals surface area (Å²) in [6, 6.07) is 11.5. The third-order valence-corrected chi connectivity index (χ3v) is 6.48. The van der Waals surface area contributed by atoms with E-state index in [2.05, 4.69) is 36.7 Å². The van der Waals surface area contributed by atoms with Crippen LogP contribution in [0.2, 0.25) is 0 Å². The lowest BCUT2D eigenvalue weighted by Gasteiger charge is -2.26. The molecule has 6 heteroatoms. The molecule has 25 heavy (non-hydrogen) atoms. The molecule has 2 aromatic rings. The molecular formula is C19H25N2O3S+. The first-order valence-corrected chi connectivity index (χ1v) is 10.1. The number of hydrogen-bond donors (Lipinski definition) is 0. The normalized spacial score (nSPS) is 16.1. The number of aromatic nitrogens is 1. The summed E-state index contributed by atoms with van der Waals surface area (Å²) in [5.41, 5.74) is 3.40. The molecule has 0 spiro atoms. The molecule has 1 aliphatic heterocycles. The Hall–Kier alpha value is -1.76. The highest BCUT2D eigenvalue weighted by Gasteiger charge is 2.26. The van der Waals surface area contributed by atoms with E-state index in [9.17, 15) is 8.42 Å². The number of rotatable bonds is 5. The Morgan fingerprint density at radius 3 is 2.60 bits per heavy atom. The van der Waals surface area contributed by atoms with E-state index in [0.29, 0.717) is 37.7 Å². The van der Waals surface area contributed by atoms with Gasteiger partial charge in [-0.15, -0.1) is 0 Å². The Morgan fingerprint density at radius 2 is 1.88 bits per heavy atom. The molecule has 0 N–H and O–H groups in total. The van der Waals surface area contributed by atoms with E-state index in [0.717, 1.165) is 17.7 Å². The molecule has 0 amide bonds. The van der Waals surface area contributed by atoms with Crippen LogP contribution in [0.3, 0.4) is 0 Å². The molecule has 134 valence electrons. The van der Waals surface area contributed by atoms with Crippen molar-refractivity contribution < 1.29 is 17.7 Å². The molecule has 3 rings (SSSR count). The van der Waals surface area contributed by atoms with Gasteiger partial charge >= 0.3 is 0 Å². The molecule has 1 aromatic heterocycles. The molecule has 0 aliphatic carbocycles. The number of hydrogen-bond acceptors (Lipinski definition) is 3. The lowest BCUT2D eigenvalue weighted by atomic mass is 10.2. The van der Waals surface area contributed by atoms with E-state index in [-0.39, 0.29) is 0 Å². The molecular weight excluding hydrogens is 336 g/mol. The fourth-order valence-corrected chi connectivity index (χ4v) is 4.46. The van der Waals surface area contributed by atoms with Crippen molar-refractivity contribution in [2.45, 2.75) is 31.7 Å². The van der Waals surface area contributed by atoms with Crippen LogP contribution in [0.15, 0.2) is 47.5 Å². The third-order valence-electron chi connectivity index (χ3n) is 4.58. The van der Waals surface area contributed by atoms with Crippen LogP contribution >= 0.6 is 0 Å². The topological polar surface area (TPSA) is 50.5 Å². The second-order valence-corrected chi connectivity index (χ2v) is 8.26. The molecule has 1 fully saturated rings. The lowest BCUT2D eigenvalue weighted by molar-refractivity contribution is -0.694. The summed E-state index contributed by atoms with van der Waals surface area (Å²) in [7, 11) is -3.46. The van der Waals surface area contributed by atoms with Gasteiger partial charge in [0.2, 0.25) is 10.0 Å². The van der Waals surface area contributed by atoms with Crippen molar-refractivity contribution in [2.24, 2.45) is 0 Å². The summed E-state index contributed by atoms with van der Waals surface area (Å²) in [5, 5.41) is 0. The summed E-state index contributed by atoms with van der Waals surface area (Å²) in [6.07, 6.45) is 3.12. The van der Waals surface area contributed by atoms with Crippen LogP contribution in [0.4, 0.5) is 0 Å². The minimum Gasteiger partial charge on any atom is -0.379 e. The van der Waals surface area contributed by atoms with Gasteiger partial charge in [0.15, 0.2) is 18.4 Å². The summed E-state index contributed by atoms with van der Waals surface area (Å²) in [6.45, 7) is 6.60. The summed E-state index contributed by atoms with van der Waals surface area (Å²) in [4.78, 5) is 0.358. The van der Waals surface area contributed by atoms with Gasteiger partial charge in [0.05, 0.1) is 18.1 Å². The van der Waals surface area contributed by atoms with Gasteiger partial charge in [-0.2, -0.15) is 8.87 Å². The number of aryl methyl sites for hydroxylation is 2. The maximum absolute atomic E-state index is 12.8. The first kappa shape index (κ1) is 18.0. The van der Waals surface area contributed by atoms with Gasteiger partial charge in [-0.3, -0.25) is 0 Å². The van der Waals surface area contributed by atoms with Crippen molar-refractivity contribution in [3.8, 4) is 0 Å². The minimum absolute atomic E-state index is 0.358. The number of ether oxygens (including phenoxy) is 1. The molecule has 0 radical (unpaired) electrons. The van der Waals surface area contributed by atoms with E-state index in [1.165, 1.54) is 9.87 Å². The Labute approximate surface area is 149 Å². The molecule has 0 bridgehead atoms. The first-order chi connectivity index (χ1) is 12.0. The van der Waals surface area contributed by atoms with Crippen molar-refractivity contribution in [3.05, 3.63) is 59.4 Å². The number of nitrogens with zero attached hydrogens (tertiary/aromatic N) is 2. The Balaban J connectivity index is 1.87. The maximum Gasteiger partial charge on any atom is 0.243 e. The molecule has 1 aromatic carbocycles. The molecule has 2 heterocycles. The van der Waals surface area contributed by atoms with Crippen LogP contribution < -0.4 is 4.57 Å². The average molecular weight is 361 g/mol. The average Bonchev–Trinajstić information content (AvgIpc) is 2.64. The van der Waals surface area contributed by atoms with Gasteiger partial charge in [0.25, 0.3) is 0 Å². The smallest absolute Gasteiger partial charge is 0.243 e. The molecule has 0 saturated carbocycles. The second-order valence-electron chi connectivity index (χ2n) is 6.32. The molecule has 5 nitrogen and oxygen atoms in total. The third kappa shape index (κ3) is 4.08. The first-order valence-electron chi connectivity index (χ1n) is 8.66. The predicted octanol–water partition coefficient (Wildman–Crippen LogP) is 1.91.